The van der Waals surface area contributed by atoms with Gasteiger partial charge in [0.15, 0.2) is 5.96 Å². The number of nitrogens with zero attached hydrogens (tertiary/aromatic N) is 2. The highest BCUT2D eigenvalue weighted by Gasteiger charge is 2.08. The van der Waals surface area contributed by atoms with Crippen LogP contribution in [-0.2, 0) is 6.42 Å². The summed E-state index contributed by atoms with van der Waals surface area (Å²) < 4.78 is 5.19. The van der Waals surface area contributed by atoms with Gasteiger partial charge >= 0.3 is 0 Å². The summed E-state index contributed by atoms with van der Waals surface area (Å²) in [6, 6.07) is 11.1. The summed E-state index contributed by atoms with van der Waals surface area (Å²) in [6.07, 6.45) is 1.87. The van der Waals surface area contributed by atoms with Crippen LogP contribution >= 0.6 is 35.6 Å². The van der Waals surface area contributed by atoms with Gasteiger partial charge in [-0.05, 0) is 42.7 Å². The number of guanidine groups is 1. The topological polar surface area (TPSA) is 78.8 Å². The minimum absolute atomic E-state index is 0. The van der Waals surface area contributed by atoms with Crippen LogP contribution in [0.25, 0.3) is 0 Å². The molecule has 148 valence electrons. The molecule has 1 atom stereocenters. The maximum Gasteiger partial charge on any atom is 0.191 e. The van der Waals surface area contributed by atoms with Crippen LogP contribution in [0, 0.1) is 0 Å². The molecule has 8 heteroatoms. The number of aliphatic hydroxyl groups excluding tert-OH is 1. The number of methoxy groups -OCH3 is 1. The zero-order valence-corrected chi connectivity index (χ0v) is 18.6. The predicted molar refractivity (Wildman–Crippen MR) is 120 cm³/mol. The molecule has 0 bridgehead atoms. The normalized spacial score (nSPS) is 12.1. The second-order valence-corrected chi connectivity index (χ2v) is 6.07. The minimum atomic E-state index is -0.693. The Morgan fingerprint density at radius 3 is 2.78 bits per heavy atom. The lowest BCUT2D eigenvalue weighted by Crippen LogP contribution is -2.38. The van der Waals surface area contributed by atoms with Crippen molar-refractivity contribution >= 4 is 41.5 Å². The number of ether oxygens (including phenoxy) is 1. The number of pyridine rings is 1. The molecule has 1 heterocycles. The van der Waals surface area contributed by atoms with Crippen LogP contribution in [0.1, 0.15) is 24.2 Å². The van der Waals surface area contributed by atoms with Crippen LogP contribution in [0.4, 0.5) is 0 Å². The number of aromatic nitrogens is 1. The Hall–Kier alpha value is -1.58. The number of hydrogen-bond donors (Lipinski definition) is 3. The highest BCUT2D eigenvalue weighted by atomic mass is 127. The molecule has 0 saturated heterocycles. The lowest BCUT2D eigenvalue weighted by molar-refractivity contribution is 0.186. The first-order valence-corrected chi connectivity index (χ1v) is 8.94. The van der Waals surface area contributed by atoms with E-state index in [1.807, 2.05) is 37.3 Å². The molecule has 0 aliphatic heterocycles. The molecular weight excluding hydrogens is 479 g/mol. The van der Waals surface area contributed by atoms with Crippen molar-refractivity contribution in [2.45, 2.75) is 19.4 Å². The second-order valence-electron chi connectivity index (χ2n) is 5.68. The average Bonchev–Trinajstić information content (AvgIpc) is 2.67. The van der Waals surface area contributed by atoms with Gasteiger partial charge in [0.1, 0.15) is 10.9 Å². The fourth-order valence-corrected chi connectivity index (χ4v) is 2.47. The van der Waals surface area contributed by atoms with E-state index in [9.17, 15) is 5.11 Å². The number of aliphatic imine (C=N–C) groups is 1. The van der Waals surface area contributed by atoms with Crippen LogP contribution in [0.2, 0.25) is 5.15 Å². The van der Waals surface area contributed by atoms with E-state index >= 15 is 0 Å². The molecule has 3 N–H and O–H groups in total. The van der Waals surface area contributed by atoms with Gasteiger partial charge in [-0.1, -0.05) is 29.8 Å². The van der Waals surface area contributed by atoms with E-state index in [-0.39, 0.29) is 30.5 Å². The number of benzene rings is 1. The van der Waals surface area contributed by atoms with Crippen molar-refractivity contribution in [2.24, 2.45) is 4.99 Å². The molecule has 0 aliphatic rings. The zero-order valence-electron chi connectivity index (χ0n) is 15.5. The van der Waals surface area contributed by atoms with Crippen molar-refractivity contribution in [2.75, 3.05) is 26.7 Å². The summed E-state index contributed by atoms with van der Waals surface area (Å²) in [5.41, 5.74) is 1.87. The molecule has 0 fully saturated rings. The summed E-state index contributed by atoms with van der Waals surface area (Å²) in [6.45, 7) is 3.69. The van der Waals surface area contributed by atoms with Gasteiger partial charge in [0.25, 0.3) is 0 Å². The summed E-state index contributed by atoms with van der Waals surface area (Å²) in [5.74, 6) is 1.38. The number of nitrogens with one attached hydrogen (secondary N) is 2. The second kappa shape index (κ2) is 12.7. The van der Waals surface area contributed by atoms with Crippen molar-refractivity contribution in [3.8, 4) is 5.75 Å². The van der Waals surface area contributed by atoms with Gasteiger partial charge in [-0.15, -0.1) is 24.0 Å². The highest BCUT2D eigenvalue weighted by Crippen LogP contribution is 2.19. The lowest BCUT2D eigenvalue weighted by Gasteiger charge is -2.14. The monoisotopic (exact) mass is 504 g/mol. The smallest absolute Gasteiger partial charge is 0.191 e. The molecule has 0 radical (unpaired) electrons. The fourth-order valence-electron chi connectivity index (χ4n) is 2.35. The van der Waals surface area contributed by atoms with E-state index in [4.69, 9.17) is 16.3 Å². The van der Waals surface area contributed by atoms with Gasteiger partial charge in [0.2, 0.25) is 0 Å². The Morgan fingerprint density at radius 1 is 1.30 bits per heavy atom. The third-order valence-electron chi connectivity index (χ3n) is 3.74. The van der Waals surface area contributed by atoms with Gasteiger partial charge in [-0.2, -0.15) is 0 Å². The molecule has 2 rings (SSSR count). The largest absolute Gasteiger partial charge is 0.497 e. The minimum Gasteiger partial charge on any atom is -0.497 e. The first kappa shape index (κ1) is 23.5. The Bertz CT molecular complexity index is 713. The van der Waals surface area contributed by atoms with Crippen molar-refractivity contribution < 1.29 is 9.84 Å². The SMILES string of the molecule is CCNC(=NCC(O)c1cccc(OC)c1)NCCc1ccc(Cl)nc1.I. The molecule has 6 nitrogen and oxygen atoms in total. The van der Waals surface area contributed by atoms with Crippen molar-refractivity contribution in [1.29, 1.82) is 0 Å². The molecular formula is C19H26ClIN4O2. The van der Waals surface area contributed by atoms with Crippen LogP contribution < -0.4 is 15.4 Å². The number of aliphatic hydroxyl groups is 1. The quantitative estimate of drug-likeness (QED) is 0.223. The van der Waals surface area contributed by atoms with Crippen LogP contribution in [-0.4, -0.2) is 42.8 Å². The molecule has 1 aromatic heterocycles. The maximum atomic E-state index is 10.3. The molecule has 0 saturated carbocycles. The molecule has 2 aromatic rings. The third kappa shape index (κ3) is 8.32. The summed E-state index contributed by atoms with van der Waals surface area (Å²) in [4.78, 5) is 8.53. The Morgan fingerprint density at radius 2 is 2.11 bits per heavy atom. The highest BCUT2D eigenvalue weighted by molar-refractivity contribution is 14.0. The molecule has 0 amide bonds. The Labute approximate surface area is 182 Å². The number of rotatable bonds is 8. The first-order chi connectivity index (χ1) is 12.6. The summed E-state index contributed by atoms with van der Waals surface area (Å²) >= 11 is 5.79. The summed E-state index contributed by atoms with van der Waals surface area (Å²) in [7, 11) is 1.60. The van der Waals surface area contributed by atoms with E-state index in [1.165, 1.54) is 0 Å². The van der Waals surface area contributed by atoms with Gasteiger partial charge in [-0.3, -0.25) is 4.99 Å². The molecule has 27 heavy (non-hydrogen) atoms. The zero-order chi connectivity index (χ0) is 18.8. The predicted octanol–water partition coefficient (Wildman–Crippen LogP) is 3.19. The lowest BCUT2D eigenvalue weighted by atomic mass is 10.1. The van der Waals surface area contributed by atoms with Crippen LogP contribution in [0.5, 0.6) is 5.75 Å². The number of halogens is 2. The fraction of sp³-hybridized carbons (Fsp3) is 0.368. The van der Waals surface area contributed by atoms with Gasteiger partial charge < -0.3 is 20.5 Å². The molecule has 0 aliphatic carbocycles. The van der Waals surface area contributed by atoms with E-state index in [0.717, 1.165) is 24.1 Å². The van der Waals surface area contributed by atoms with E-state index < -0.39 is 6.10 Å². The van der Waals surface area contributed by atoms with Gasteiger partial charge in [0.05, 0.1) is 19.8 Å². The van der Waals surface area contributed by atoms with E-state index in [1.54, 1.807) is 19.4 Å². The van der Waals surface area contributed by atoms with Gasteiger partial charge in [-0.25, -0.2) is 4.98 Å². The van der Waals surface area contributed by atoms with Crippen LogP contribution in [0.15, 0.2) is 47.6 Å². The van der Waals surface area contributed by atoms with E-state index in [0.29, 0.717) is 23.4 Å². The third-order valence-corrected chi connectivity index (χ3v) is 3.96. The van der Waals surface area contributed by atoms with Gasteiger partial charge in [0, 0.05) is 19.3 Å². The van der Waals surface area contributed by atoms with Crippen molar-refractivity contribution in [1.82, 2.24) is 15.6 Å². The van der Waals surface area contributed by atoms with Crippen molar-refractivity contribution in [3.63, 3.8) is 0 Å². The Balaban J connectivity index is 0.00000364. The first-order valence-electron chi connectivity index (χ1n) is 8.57. The number of hydrogen-bond acceptors (Lipinski definition) is 4. The Kier molecular flexibility index (Phi) is 11.1. The van der Waals surface area contributed by atoms with E-state index in [2.05, 4.69) is 20.6 Å². The standard InChI is InChI=1S/C19H25ClN4O2.HI/c1-3-21-19(22-10-9-14-7-8-18(20)23-12-14)24-13-17(25)15-5-4-6-16(11-15)26-2;/h4-8,11-12,17,25H,3,9-10,13H2,1-2H3,(H2,21,22,24);1H. The molecule has 0 spiro atoms. The maximum absolute atomic E-state index is 10.3. The molecule has 1 unspecified atom stereocenters. The van der Waals surface area contributed by atoms with Crippen LogP contribution in [0.3, 0.4) is 0 Å². The van der Waals surface area contributed by atoms with Crippen molar-refractivity contribution in [3.05, 3.63) is 58.9 Å². The summed E-state index contributed by atoms with van der Waals surface area (Å²) in [5, 5.41) is 17.3. The molecule has 1 aromatic carbocycles. The average molecular weight is 505 g/mol.